The van der Waals surface area contributed by atoms with Crippen LogP contribution in [0.1, 0.15) is 318 Å². The van der Waals surface area contributed by atoms with E-state index in [9.17, 15) is 43.2 Å². The Balaban J connectivity index is 5.32. The molecule has 0 amide bonds. The van der Waals surface area contributed by atoms with E-state index in [-0.39, 0.29) is 25.7 Å². The van der Waals surface area contributed by atoms with Crippen molar-refractivity contribution in [2.45, 2.75) is 336 Å². The summed E-state index contributed by atoms with van der Waals surface area (Å²) in [6, 6.07) is 0. The molecule has 0 aromatic heterocycles. The molecule has 0 saturated heterocycles. The number of unbranched alkanes of at least 4 members (excludes halogenated alkanes) is 31. The molecule has 19 heteroatoms. The lowest BCUT2D eigenvalue weighted by Crippen LogP contribution is -2.30. The summed E-state index contributed by atoms with van der Waals surface area (Å²) in [6.45, 7) is 9.32. The van der Waals surface area contributed by atoms with E-state index in [1.54, 1.807) is 0 Å². The highest BCUT2D eigenvalue weighted by molar-refractivity contribution is 7.47. The van der Waals surface area contributed by atoms with E-state index in [1.807, 2.05) is 0 Å². The van der Waals surface area contributed by atoms with Gasteiger partial charge in [-0.3, -0.25) is 37.3 Å². The average Bonchev–Trinajstić information content (AvgIpc) is 3.08. The topological polar surface area (TPSA) is 237 Å². The minimum atomic E-state index is -4.97. The van der Waals surface area contributed by atoms with Gasteiger partial charge in [0.1, 0.15) is 19.3 Å². The molecule has 0 saturated carbocycles. The quantitative estimate of drug-likeness (QED) is 0.0169. The van der Waals surface area contributed by atoms with E-state index in [4.69, 9.17) is 37.0 Å². The third-order valence-corrected chi connectivity index (χ3v) is 17.4. The molecule has 0 rings (SSSR count). The highest BCUT2D eigenvalue weighted by Gasteiger charge is 2.30. The van der Waals surface area contributed by atoms with Crippen molar-refractivity contribution in [1.82, 2.24) is 0 Å². The van der Waals surface area contributed by atoms with Crippen LogP contribution in [0.3, 0.4) is 0 Å². The van der Waals surface area contributed by atoms with Gasteiger partial charge < -0.3 is 33.8 Å². The summed E-state index contributed by atoms with van der Waals surface area (Å²) in [4.78, 5) is 72.5. The molecular weight excluding hydrogens is 1200 g/mol. The van der Waals surface area contributed by atoms with E-state index in [2.05, 4.69) is 90.2 Å². The predicted molar refractivity (Wildman–Crippen MR) is 367 cm³/mol. The van der Waals surface area contributed by atoms with Crippen molar-refractivity contribution < 1.29 is 80.2 Å². The highest BCUT2D eigenvalue weighted by Crippen LogP contribution is 2.45. The van der Waals surface area contributed by atoms with Gasteiger partial charge >= 0.3 is 39.5 Å². The molecule has 532 valence electrons. The number of aliphatic hydroxyl groups excluding tert-OH is 1. The molecule has 0 fully saturated rings. The first-order valence-electron chi connectivity index (χ1n) is 36.1. The molecule has 0 aromatic carbocycles. The number of esters is 4. The first-order valence-corrected chi connectivity index (χ1v) is 39.1. The lowest BCUT2D eigenvalue weighted by atomic mass is 10.0. The Morgan fingerprint density at radius 1 is 0.341 bits per heavy atom. The van der Waals surface area contributed by atoms with Gasteiger partial charge in [0.05, 0.1) is 26.4 Å². The molecule has 17 nitrogen and oxygen atoms in total. The Kier molecular flexibility index (Phi) is 61.0. The van der Waals surface area contributed by atoms with Crippen LogP contribution in [0.4, 0.5) is 0 Å². The zero-order valence-electron chi connectivity index (χ0n) is 58.1. The normalized spacial score (nSPS) is 14.5. The zero-order valence-corrected chi connectivity index (χ0v) is 59.9. The number of rotatable bonds is 67. The van der Waals surface area contributed by atoms with Gasteiger partial charge in [0.2, 0.25) is 0 Å². The van der Waals surface area contributed by atoms with Crippen LogP contribution in [0.5, 0.6) is 0 Å². The van der Waals surface area contributed by atoms with Gasteiger partial charge in [0, 0.05) is 25.7 Å². The van der Waals surface area contributed by atoms with E-state index < -0.39 is 97.5 Å². The van der Waals surface area contributed by atoms with Crippen LogP contribution in [0.2, 0.25) is 0 Å². The molecule has 0 aliphatic carbocycles. The first kappa shape index (κ1) is 88.0. The Morgan fingerprint density at radius 3 is 0.890 bits per heavy atom. The summed E-state index contributed by atoms with van der Waals surface area (Å²) >= 11 is 0. The summed E-state index contributed by atoms with van der Waals surface area (Å²) in [7, 11) is -9.93. The summed E-state index contributed by atoms with van der Waals surface area (Å²) in [5.41, 5.74) is 0. The van der Waals surface area contributed by atoms with E-state index in [1.165, 1.54) is 96.3 Å². The molecule has 5 atom stereocenters. The third-order valence-electron chi connectivity index (χ3n) is 15.5. The molecule has 0 heterocycles. The standard InChI is InChI=1S/C72H132O17P2/c1-7-9-11-13-15-17-19-21-23-25-27-29-36-42-48-54-69(74)82-60-67(88-71(76)56-50-44-37-30-28-26-24-22-20-18-16-14-12-10-8-2)62-86-90(78,79)84-58-66(73)59-85-91(80,81)87-63-68(61-83-70(75)55-49-43-39-33-35-41-47-53-65(5)6)89-72(77)57-51-45-38-32-31-34-40-46-52-64(3)4/h17-24,64-68,73H,7-16,25-63H2,1-6H3,(H,78,79)(H,80,81)/b19-17-,20-18-,23-21-,24-22-/t66?,67-,68-/m1/s1. The molecule has 3 unspecified atom stereocenters. The van der Waals surface area contributed by atoms with Crippen molar-refractivity contribution in [1.29, 1.82) is 0 Å². The molecule has 0 aliphatic rings. The van der Waals surface area contributed by atoms with Crippen molar-refractivity contribution in [2.24, 2.45) is 11.8 Å². The first-order chi connectivity index (χ1) is 43.9. The lowest BCUT2D eigenvalue weighted by Gasteiger charge is -2.21. The van der Waals surface area contributed by atoms with Crippen molar-refractivity contribution in [2.75, 3.05) is 39.6 Å². The molecular formula is C72H132O17P2. The second-order valence-corrected chi connectivity index (χ2v) is 28.5. The van der Waals surface area contributed by atoms with E-state index >= 15 is 0 Å². The average molecular weight is 1330 g/mol. The molecule has 91 heavy (non-hydrogen) atoms. The zero-order chi connectivity index (χ0) is 67.2. The van der Waals surface area contributed by atoms with Gasteiger partial charge in [-0.25, -0.2) is 9.13 Å². The van der Waals surface area contributed by atoms with Crippen molar-refractivity contribution >= 4 is 39.5 Å². The number of carbonyl (C=O) groups excluding carboxylic acids is 4. The van der Waals surface area contributed by atoms with Crippen molar-refractivity contribution in [3.63, 3.8) is 0 Å². The maximum Gasteiger partial charge on any atom is 0.472 e. The molecule has 0 radical (unpaired) electrons. The van der Waals surface area contributed by atoms with Gasteiger partial charge in [-0.1, -0.05) is 264 Å². The summed E-state index contributed by atoms with van der Waals surface area (Å²) < 4.78 is 68.2. The van der Waals surface area contributed by atoms with Crippen LogP contribution < -0.4 is 0 Å². The Bertz CT molecular complexity index is 1960. The maximum atomic E-state index is 13.0. The van der Waals surface area contributed by atoms with Gasteiger partial charge in [-0.15, -0.1) is 0 Å². The maximum absolute atomic E-state index is 13.0. The lowest BCUT2D eigenvalue weighted by molar-refractivity contribution is -0.161. The van der Waals surface area contributed by atoms with Crippen molar-refractivity contribution in [3.8, 4) is 0 Å². The number of carbonyl (C=O) groups is 4. The predicted octanol–water partition coefficient (Wildman–Crippen LogP) is 19.9. The van der Waals surface area contributed by atoms with Crippen LogP contribution in [-0.2, 0) is 65.4 Å². The van der Waals surface area contributed by atoms with Gasteiger partial charge in [-0.05, 0) is 88.9 Å². The summed E-state index contributed by atoms with van der Waals surface area (Å²) in [5, 5.41) is 10.6. The number of aliphatic hydroxyl groups is 1. The Hall–Kier alpha value is -2.98. The smallest absolute Gasteiger partial charge is 0.462 e. The molecule has 0 bridgehead atoms. The van der Waals surface area contributed by atoms with Crippen LogP contribution in [0, 0.1) is 11.8 Å². The molecule has 0 spiro atoms. The Morgan fingerprint density at radius 2 is 0.593 bits per heavy atom. The molecule has 0 aromatic rings. The van der Waals surface area contributed by atoms with Gasteiger partial charge in [0.15, 0.2) is 12.2 Å². The molecule has 0 aliphatic heterocycles. The minimum Gasteiger partial charge on any atom is -0.462 e. The SMILES string of the molecule is CCCCCC/C=C\C=C/CCCCCCCC(=O)OC[C@H](COP(=O)(O)OCC(O)COP(=O)(O)OC[C@@H](COC(=O)CCCCCCCCCC(C)C)OC(=O)CCCCCCCCCCC(C)C)OC(=O)CCCCCCC/C=C\C=C/CCCCCC. The highest BCUT2D eigenvalue weighted by atomic mass is 31.2. The molecule has 3 N–H and O–H groups in total. The number of ether oxygens (including phenoxy) is 4. The minimum absolute atomic E-state index is 0.0777. The Labute approximate surface area is 553 Å². The van der Waals surface area contributed by atoms with Crippen LogP contribution in [-0.4, -0.2) is 96.7 Å². The number of phosphoric ester groups is 2. The summed E-state index contributed by atoms with van der Waals surface area (Å²) in [6.07, 6.45) is 54.5. The number of allylic oxidation sites excluding steroid dienone is 8. The van der Waals surface area contributed by atoms with Crippen LogP contribution >= 0.6 is 15.6 Å². The van der Waals surface area contributed by atoms with E-state index in [0.29, 0.717) is 37.5 Å². The third kappa shape index (κ3) is 65.5. The van der Waals surface area contributed by atoms with Crippen LogP contribution in [0.25, 0.3) is 0 Å². The second kappa shape index (κ2) is 63.1. The fraction of sp³-hybridized carbons (Fsp3) is 0.833. The summed E-state index contributed by atoms with van der Waals surface area (Å²) in [5.74, 6) is -0.769. The fourth-order valence-electron chi connectivity index (χ4n) is 9.87. The van der Waals surface area contributed by atoms with Crippen molar-refractivity contribution in [3.05, 3.63) is 48.6 Å². The fourth-order valence-corrected chi connectivity index (χ4v) is 11.4. The van der Waals surface area contributed by atoms with E-state index in [0.717, 1.165) is 128 Å². The second-order valence-electron chi connectivity index (χ2n) is 25.6. The number of hydrogen-bond acceptors (Lipinski definition) is 15. The number of hydrogen-bond donors (Lipinski definition) is 3. The van der Waals surface area contributed by atoms with Gasteiger partial charge in [0.25, 0.3) is 0 Å². The van der Waals surface area contributed by atoms with Crippen LogP contribution in [0.15, 0.2) is 48.6 Å². The largest absolute Gasteiger partial charge is 0.472 e. The van der Waals surface area contributed by atoms with Gasteiger partial charge in [-0.2, -0.15) is 0 Å². The number of phosphoric acid groups is 2. The monoisotopic (exact) mass is 1330 g/mol.